The quantitative estimate of drug-likeness (QED) is 0.0231. The zero-order valence-electron chi connectivity index (χ0n) is 49.7. The predicted octanol–water partition coefficient (Wildman–Crippen LogP) is 6.43. The smallest absolute Gasteiger partial charge is 0.220 e. The monoisotopic (exact) mass is 1170 g/mol. The Labute approximate surface area is 490 Å². The van der Waals surface area contributed by atoms with Gasteiger partial charge in [-0.05, 0) is 70.6 Å². The van der Waals surface area contributed by atoms with E-state index in [4.69, 9.17) is 28.4 Å². The van der Waals surface area contributed by atoms with Crippen LogP contribution >= 0.6 is 0 Å². The summed E-state index contributed by atoms with van der Waals surface area (Å²) in [4.78, 5) is 13.3. The number of nitrogens with one attached hydrogen (secondary N) is 1. The first-order chi connectivity index (χ1) is 39.8. The number of ether oxygens (including phenoxy) is 6. The average molecular weight is 1170 g/mol. The molecule has 1 amide bonds. The minimum absolute atomic E-state index is 0.231. The van der Waals surface area contributed by atoms with E-state index in [1.165, 1.54) is 103 Å². The molecule has 3 aliphatic rings. The second-order valence-corrected chi connectivity index (χ2v) is 22.5. The fourth-order valence-electron chi connectivity index (χ4n) is 10.3. The molecule has 17 unspecified atom stereocenters. The molecule has 0 saturated carbocycles. The zero-order chi connectivity index (χ0) is 59.7. The molecule has 3 aliphatic heterocycles. The van der Waals surface area contributed by atoms with E-state index >= 15 is 0 Å². The lowest BCUT2D eigenvalue weighted by molar-refractivity contribution is -0.379. The summed E-state index contributed by atoms with van der Waals surface area (Å²) in [5, 5.41) is 120. The summed E-state index contributed by atoms with van der Waals surface area (Å²) in [7, 11) is 0. The van der Waals surface area contributed by atoms with Crippen LogP contribution in [0.2, 0.25) is 0 Å². The maximum atomic E-state index is 13.3. The molecule has 0 spiro atoms. The molecule has 3 rings (SSSR count). The number of rotatable bonds is 46. The molecule has 3 heterocycles. The van der Waals surface area contributed by atoms with Gasteiger partial charge in [-0.2, -0.15) is 0 Å². The van der Waals surface area contributed by atoms with Gasteiger partial charge in [-0.25, -0.2) is 0 Å². The van der Waals surface area contributed by atoms with Crippen LogP contribution in [0.5, 0.6) is 0 Å². The van der Waals surface area contributed by atoms with Crippen molar-refractivity contribution in [2.75, 3.05) is 26.4 Å². The van der Waals surface area contributed by atoms with E-state index in [-0.39, 0.29) is 18.9 Å². The van der Waals surface area contributed by atoms with Crippen LogP contribution in [0.25, 0.3) is 0 Å². The fourth-order valence-corrected chi connectivity index (χ4v) is 10.3. The van der Waals surface area contributed by atoms with Gasteiger partial charge in [-0.1, -0.05) is 184 Å². The molecular weight excluding hydrogens is 1060 g/mol. The van der Waals surface area contributed by atoms with Crippen LogP contribution in [0.4, 0.5) is 0 Å². The summed E-state index contributed by atoms with van der Waals surface area (Å²) < 4.78 is 34.2. The number of amides is 1. The Balaban J connectivity index is 1.41. The molecule has 19 nitrogen and oxygen atoms in total. The van der Waals surface area contributed by atoms with Crippen molar-refractivity contribution >= 4 is 5.91 Å². The van der Waals surface area contributed by atoms with Crippen molar-refractivity contribution in [3.63, 3.8) is 0 Å². The number of hydrogen-bond donors (Lipinski definition) is 12. The van der Waals surface area contributed by atoms with E-state index in [9.17, 15) is 61.0 Å². The number of unbranched alkanes of at least 4 members (excludes halogenated alkanes) is 22. The molecule has 12 N–H and O–H groups in total. The van der Waals surface area contributed by atoms with Gasteiger partial charge in [0, 0.05) is 6.42 Å². The van der Waals surface area contributed by atoms with Crippen LogP contribution < -0.4 is 5.32 Å². The molecule has 0 radical (unpaired) electrons. The average Bonchev–Trinajstić information content (AvgIpc) is 3.65. The molecule has 476 valence electrons. The summed E-state index contributed by atoms with van der Waals surface area (Å²) in [5.41, 5.74) is 0. The Bertz CT molecular complexity index is 1730. The van der Waals surface area contributed by atoms with E-state index < -0.39 is 124 Å². The number of aliphatic hydroxyl groups excluding tert-OH is 11. The molecule has 0 aliphatic carbocycles. The van der Waals surface area contributed by atoms with Crippen LogP contribution in [0.1, 0.15) is 200 Å². The lowest BCUT2D eigenvalue weighted by atomic mass is 9.96. The molecule has 0 aromatic carbocycles. The Morgan fingerprint density at radius 1 is 0.439 bits per heavy atom. The molecule has 17 atom stereocenters. The van der Waals surface area contributed by atoms with Crippen molar-refractivity contribution in [2.24, 2.45) is 0 Å². The van der Waals surface area contributed by atoms with E-state index in [1.54, 1.807) is 6.08 Å². The van der Waals surface area contributed by atoms with Crippen molar-refractivity contribution < 1.29 is 89.4 Å². The van der Waals surface area contributed by atoms with Gasteiger partial charge in [0.25, 0.3) is 0 Å². The number of hydrogen-bond acceptors (Lipinski definition) is 18. The third-order valence-corrected chi connectivity index (χ3v) is 15.5. The fraction of sp³-hybridized carbons (Fsp3) is 0.825. The third-order valence-electron chi connectivity index (χ3n) is 15.5. The Morgan fingerprint density at radius 2 is 0.817 bits per heavy atom. The highest BCUT2D eigenvalue weighted by Gasteiger charge is 2.53. The van der Waals surface area contributed by atoms with Crippen LogP contribution in [0.15, 0.2) is 60.8 Å². The number of carbonyl (C=O) groups is 1. The second-order valence-electron chi connectivity index (χ2n) is 22.5. The number of carbonyl (C=O) groups excluding carboxylic acids is 1. The van der Waals surface area contributed by atoms with Crippen molar-refractivity contribution in [3.8, 4) is 0 Å². The van der Waals surface area contributed by atoms with Crippen LogP contribution in [0, 0.1) is 0 Å². The van der Waals surface area contributed by atoms with Crippen molar-refractivity contribution in [1.82, 2.24) is 5.32 Å². The minimum atomic E-state index is -1.98. The molecule has 0 aromatic heterocycles. The Hall–Kier alpha value is -2.51. The Kier molecular flexibility index (Phi) is 41.2. The van der Waals surface area contributed by atoms with Crippen LogP contribution in [0.3, 0.4) is 0 Å². The molecule has 0 aromatic rings. The molecule has 3 saturated heterocycles. The van der Waals surface area contributed by atoms with Gasteiger partial charge in [-0.15, -0.1) is 0 Å². The first-order valence-electron chi connectivity index (χ1n) is 31.5. The van der Waals surface area contributed by atoms with Gasteiger partial charge in [0.1, 0.15) is 73.2 Å². The van der Waals surface area contributed by atoms with Gasteiger partial charge in [0.2, 0.25) is 5.91 Å². The van der Waals surface area contributed by atoms with Crippen LogP contribution in [-0.2, 0) is 33.2 Å². The highest BCUT2D eigenvalue weighted by molar-refractivity contribution is 5.76. The highest BCUT2D eigenvalue weighted by Crippen LogP contribution is 2.33. The summed E-state index contributed by atoms with van der Waals surface area (Å²) in [6.07, 6.45) is 26.6. The largest absolute Gasteiger partial charge is 0.394 e. The lowest BCUT2D eigenvalue weighted by Crippen LogP contribution is -2.66. The van der Waals surface area contributed by atoms with Crippen LogP contribution in [-0.4, -0.2) is 193 Å². The summed E-state index contributed by atoms with van der Waals surface area (Å²) in [6.45, 7) is 1.63. The van der Waals surface area contributed by atoms with Gasteiger partial charge in [0.05, 0.1) is 38.6 Å². The standard InChI is InChI=1S/C63H111NO18/c1-3-5-7-9-11-13-15-16-17-18-19-20-21-22-23-24-25-26-27-28-29-30-31-33-35-37-39-41-51(69)64-46(47(68)40-38-36-34-32-14-12-10-8-6-4-2)45-77-61-57(75)54(72)59(49(43-66)79-61)82-63-58(76)55(73)60(50(44-67)80-63)81-62-56(74)53(71)52(70)48(42-65)78-62/h14-16,18-19,21-22,32,38,40,46-50,52-63,65-68,70-76H,3-13,17,20,23-31,33-37,39,41-45H2,1-2H3,(H,64,69)/b16-15-,19-18-,22-21-,32-14+,40-38+. The van der Waals surface area contributed by atoms with Gasteiger partial charge in [-0.3, -0.25) is 4.79 Å². The Morgan fingerprint density at radius 3 is 1.32 bits per heavy atom. The lowest BCUT2D eigenvalue weighted by Gasteiger charge is -2.48. The van der Waals surface area contributed by atoms with Crippen molar-refractivity contribution in [3.05, 3.63) is 60.8 Å². The second kappa shape index (κ2) is 45.8. The van der Waals surface area contributed by atoms with Crippen molar-refractivity contribution in [1.29, 1.82) is 0 Å². The third kappa shape index (κ3) is 28.8. The normalized spacial score (nSPS) is 30.0. The molecule has 3 fully saturated rings. The SMILES string of the molecule is CCCCCC/C=C/CC/C=C/C(O)C(COC1OC(CO)C(OC2OC(CO)C(OC3OC(CO)C(O)C(O)C3O)C(O)C2O)C(O)C1O)NC(=O)CCCCCCCCCCCCCC/C=C\C/C=C\C/C=C\CCCCCCC. The maximum absolute atomic E-state index is 13.3. The van der Waals surface area contributed by atoms with Gasteiger partial charge < -0.3 is 89.9 Å². The highest BCUT2D eigenvalue weighted by atomic mass is 16.8. The molecule has 0 bridgehead atoms. The summed E-state index contributed by atoms with van der Waals surface area (Å²) in [6, 6.07) is -0.991. The molecule has 19 heteroatoms. The van der Waals surface area contributed by atoms with E-state index in [0.717, 1.165) is 64.2 Å². The zero-order valence-corrected chi connectivity index (χ0v) is 49.7. The number of aliphatic hydroxyl groups is 11. The summed E-state index contributed by atoms with van der Waals surface area (Å²) >= 11 is 0. The first kappa shape index (κ1) is 73.7. The first-order valence-corrected chi connectivity index (χ1v) is 31.5. The van der Waals surface area contributed by atoms with E-state index in [2.05, 4.69) is 67.8 Å². The predicted molar refractivity (Wildman–Crippen MR) is 314 cm³/mol. The summed E-state index contributed by atoms with van der Waals surface area (Å²) in [5.74, 6) is -0.292. The topological polar surface area (TPSA) is 307 Å². The maximum Gasteiger partial charge on any atom is 0.220 e. The van der Waals surface area contributed by atoms with E-state index in [1.807, 2.05) is 6.08 Å². The minimum Gasteiger partial charge on any atom is -0.394 e. The van der Waals surface area contributed by atoms with Gasteiger partial charge >= 0.3 is 0 Å². The van der Waals surface area contributed by atoms with Gasteiger partial charge in [0.15, 0.2) is 18.9 Å². The molecule has 82 heavy (non-hydrogen) atoms. The van der Waals surface area contributed by atoms with E-state index in [0.29, 0.717) is 12.8 Å². The molecular formula is C63H111NO18. The number of allylic oxidation sites excluding steroid dienone is 9. The van der Waals surface area contributed by atoms with Crippen molar-refractivity contribution in [2.45, 2.75) is 304 Å².